The van der Waals surface area contributed by atoms with E-state index in [2.05, 4.69) is 56.3 Å². The first kappa shape index (κ1) is 21.1. The van der Waals surface area contributed by atoms with E-state index < -0.39 is 0 Å². The van der Waals surface area contributed by atoms with Crippen molar-refractivity contribution in [2.45, 2.75) is 39.2 Å². The third kappa shape index (κ3) is 5.70. The molecule has 0 amide bonds. The first-order valence-corrected chi connectivity index (χ1v) is 10.4. The van der Waals surface area contributed by atoms with E-state index in [4.69, 9.17) is 9.47 Å². The van der Waals surface area contributed by atoms with Gasteiger partial charge >= 0.3 is 5.97 Å². The minimum Gasteiger partial charge on any atom is -0.488 e. The summed E-state index contributed by atoms with van der Waals surface area (Å²) < 4.78 is 11.4. The Labute approximate surface area is 174 Å². The number of carbonyl (C=O) groups is 1. The summed E-state index contributed by atoms with van der Waals surface area (Å²) in [5, 5.41) is 0. The first-order valence-electron chi connectivity index (χ1n) is 10.4. The highest BCUT2D eigenvalue weighted by Gasteiger charge is 2.20. The van der Waals surface area contributed by atoms with Crippen molar-refractivity contribution in [3.05, 3.63) is 70.8 Å². The van der Waals surface area contributed by atoms with Crippen molar-refractivity contribution in [3.8, 4) is 5.75 Å². The van der Waals surface area contributed by atoms with Gasteiger partial charge in [0.15, 0.2) is 0 Å². The normalized spacial score (nSPS) is 14.1. The molecule has 154 valence electrons. The molecule has 1 aliphatic rings. The Hall–Kier alpha value is -2.59. The fourth-order valence-electron chi connectivity index (χ4n) is 3.47. The number of benzene rings is 2. The van der Waals surface area contributed by atoms with Crippen LogP contribution < -0.4 is 4.74 Å². The van der Waals surface area contributed by atoms with E-state index >= 15 is 0 Å². The molecule has 0 saturated carbocycles. The highest BCUT2D eigenvalue weighted by atomic mass is 16.5. The second kappa shape index (κ2) is 10.3. The zero-order chi connectivity index (χ0) is 20.6. The summed E-state index contributed by atoms with van der Waals surface area (Å²) >= 11 is 0. The molecule has 3 rings (SSSR count). The molecule has 29 heavy (non-hydrogen) atoms. The van der Waals surface area contributed by atoms with Gasteiger partial charge in [0.2, 0.25) is 0 Å². The Bertz CT molecular complexity index is 870. The number of esters is 1. The maximum atomic E-state index is 12.2. The lowest BCUT2D eigenvalue weighted by molar-refractivity contribution is -0.142. The molecule has 1 heterocycles. The standard InChI is InChI=1S/C25H31NO3/c1-4-5-15-28-25(27)17-19-12-13-24-23(16-19)22(11-8-14-26(2)3)21-10-7-6-9-20(21)18-29-24/h6-7,9-13,16H,4-5,8,14-15,17-18H2,1-3H3/b22-11-. The highest BCUT2D eigenvalue weighted by molar-refractivity contribution is 5.85. The van der Waals surface area contributed by atoms with Crippen molar-refractivity contribution < 1.29 is 14.3 Å². The largest absolute Gasteiger partial charge is 0.488 e. The van der Waals surface area contributed by atoms with E-state index in [0.29, 0.717) is 13.2 Å². The van der Waals surface area contributed by atoms with Crippen LogP contribution in [0.3, 0.4) is 0 Å². The molecule has 0 bridgehead atoms. The zero-order valence-corrected chi connectivity index (χ0v) is 17.7. The van der Waals surface area contributed by atoms with Crippen LogP contribution in [-0.4, -0.2) is 38.1 Å². The average Bonchev–Trinajstić information content (AvgIpc) is 2.85. The summed E-state index contributed by atoms with van der Waals surface area (Å²) in [5.41, 5.74) is 5.56. The Morgan fingerprint density at radius 2 is 2.00 bits per heavy atom. The van der Waals surface area contributed by atoms with Gasteiger partial charge in [-0.2, -0.15) is 0 Å². The van der Waals surface area contributed by atoms with E-state index in [1.165, 1.54) is 16.7 Å². The Morgan fingerprint density at radius 3 is 2.79 bits per heavy atom. The molecule has 0 atom stereocenters. The monoisotopic (exact) mass is 393 g/mol. The second-order valence-corrected chi connectivity index (χ2v) is 7.74. The van der Waals surface area contributed by atoms with Crippen molar-refractivity contribution in [2.75, 3.05) is 27.2 Å². The molecular formula is C25H31NO3. The minimum atomic E-state index is -0.175. The first-order chi connectivity index (χ1) is 14.1. The minimum absolute atomic E-state index is 0.175. The molecule has 0 radical (unpaired) electrons. The van der Waals surface area contributed by atoms with Gasteiger partial charge in [0, 0.05) is 12.1 Å². The summed E-state index contributed by atoms with van der Waals surface area (Å²) in [7, 11) is 4.16. The quantitative estimate of drug-likeness (QED) is 0.475. The van der Waals surface area contributed by atoms with Crippen molar-refractivity contribution in [3.63, 3.8) is 0 Å². The number of nitrogens with zero attached hydrogens (tertiary/aromatic N) is 1. The number of ether oxygens (including phenoxy) is 2. The van der Waals surface area contributed by atoms with Crippen LogP contribution >= 0.6 is 0 Å². The average molecular weight is 394 g/mol. The number of rotatable bonds is 8. The molecule has 2 aromatic carbocycles. The fraction of sp³-hybridized carbons (Fsp3) is 0.400. The summed E-state index contributed by atoms with van der Waals surface area (Å²) in [6, 6.07) is 14.4. The van der Waals surface area contributed by atoms with Crippen LogP contribution in [0.2, 0.25) is 0 Å². The Kier molecular flexibility index (Phi) is 7.48. The van der Waals surface area contributed by atoms with Gasteiger partial charge < -0.3 is 14.4 Å². The molecule has 2 aromatic rings. The smallest absolute Gasteiger partial charge is 0.310 e. The van der Waals surface area contributed by atoms with Crippen LogP contribution in [0.1, 0.15) is 48.4 Å². The Balaban J connectivity index is 1.91. The fourth-order valence-corrected chi connectivity index (χ4v) is 3.47. The molecule has 0 aliphatic carbocycles. The number of unbranched alkanes of at least 4 members (excludes halogenated alkanes) is 1. The van der Waals surface area contributed by atoms with E-state index in [-0.39, 0.29) is 12.4 Å². The van der Waals surface area contributed by atoms with E-state index in [9.17, 15) is 4.79 Å². The second-order valence-electron chi connectivity index (χ2n) is 7.74. The topological polar surface area (TPSA) is 38.8 Å². The van der Waals surface area contributed by atoms with Gasteiger partial charge in [-0.1, -0.05) is 49.8 Å². The van der Waals surface area contributed by atoms with Crippen LogP contribution in [0.15, 0.2) is 48.5 Å². The van der Waals surface area contributed by atoms with Gasteiger partial charge in [0.05, 0.1) is 13.0 Å². The molecular weight excluding hydrogens is 362 g/mol. The van der Waals surface area contributed by atoms with Crippen LogP contribution in [0.5, 0.6) is 5.75 Å². The zero-order valence-electron chi connectivity index (χ0n) is 17.7. The molecule has 0 spiro atoms. The summed E-state index contributed by atoms with van der Waals surface area (Å²) in [6.07, 6.45) is 5.43. The molecule has 0 unspecified atom stereocenters. The molecule has 0 fully saturated rings. The molecule has 1 aliphatic heterocycles. The van der Waals surface area contributed by atoms with Gasteiger partial charge in [0.25, 0.3) is 0 Å². The molecule has 4 heteroatoms. The van der Waals surface area contributed by atoms with Gasteiger partial charge in [0.1, 0.15) is 12.4 Å². The molecule has 0 saturated heterocycles. The van der Waals surface area contributed by atoms with E-state index in [0.717, 1.165) is 42.7 Å². The predicted octanol–water partition coefficient (Wildman–Crippen LogP) is 4.85. The van der Waals surface area contributed by atoms with Crippen molar-refractivity contribution >= 4 is 11.5 Å². The summed E-state index contributed by atoms with van der Waals surface area (Å²) in [6.45, 7) is 4.10. The van der Waals surface area contributed by atoms with Crippen LogP contribution in [0.4, 0.5) is 0 Å². The lowest BCUT2D eigenvalue weighted by Gasteiger charge is -2.14. The van der Waals surface area contributed by atoms with Gasteiger partial charge in [-0.25, -0.2) is 0 Å². The van der Waals surface area contributed by atoms with Gasteiger partial charge in [-0.15, -0.1) is 0 Å². The lowest BCUT2D eigenvalue weighted by Crippen LogP contribution is -2.12. The van der Waals surface area contributed by atoms with Gasteiger partial charge in [-0.05, 0) is 61.3 Å². The van der Waals surface area contributed by atoms with Crippen molar-refractivity contribution in [1.82, 2.24) is 4.90 Å². The number of hydrogen-bond acceptors (Lipinski definition) is 4. The lowest BCUT2D eigenvalue weighted by atomic mass is 9.92. The molecule has 4 nitrogen and oxygen atoms in total. The maximum absolute atomic E-state index is 12.2. The predicted molar refractivity (Wildman–Crippen MR) is 117 cm³/mol. The van der Waals surface area contributed by atoms with Crippen LogP contribution in [0.25, 0.3) is 5.57 Å². The van der Waals surface area contributed by atoms with Crippen LogP contribution in [-0.2, 0) is 22.6 Å². The number of carbonyl (C=O) groups excluding carboxylic acids is 1. The number of hydrogen-bond donors (Lipinski definition) is 0. The third-order valence-electron chi connectivity index (χ3n) is 5.06. The van der Waals surface area contributed by atoms with E-state index in [1.807, 2.05) is 18.2 Å². The molecule has 0 aromatic heterocycles. The maximum Gasteiger partial charge on any atom is 0.310 e. The summed E-state index contributed by atoms with van der Waals surface area (Å²) in [4.78, 5) is 14.4. The van der Waals surface area contributed by atoms with Crippen LogP contribution in [0, 0.1) is 0 Å². The van der Waals surface area contributed by atoms with E-state index in [1.54, 1.807) is 0 Å². The van der Waals surface area contributed by atoms with Crippen molar-refractivity contribution in [1.29, 1.82) is 0 Å². The van der Waals surface area contributed by atoms with Gasteiger partial charge in [-0.3, -0.25) is 4.79 Å². The molecule has 0 N–H and O–H groups in total. The highest BCUT2D eigenvalue weighted by Crippen LogP contribution is 2.37. The Morgan fingerprint density at radius 1 is 1.17 bits per heavy atom. The third-order valence-corrected chi connectivity index (χ3v) is 5.06. The summed E-state index contributed by atoms with van der Waals surface area (Å²) in [5.74, 6) is 0.687. The number of fused-ring (bicyclic) bond motifs is 2. The SMILES string of the molecule is CCCCOC(=O)Cc1ccc2c(c1)/C(=C\CCN(C)C)c1ccccc1CO2. The van der Waals surface area contributed by atoms with Crippen molar-refractivity contribution in [2.24, 2.45) is 0 Å².